The van der Waals surface area contributed by atoms with Gasteiger partial charge in [-0.05, 0) is 25.0 Å². The van der Waals surface area contributed by atoms with E-state index in [1.54, 1.807) is 31.3 Å². The molecule has 1 aromatic carbocycles. The molecule has 1 aliphatic rings. The van der Waals surface area contributed by atoms with Crippen LogP contribution in [-0.4, -0.2) is 23.0 Å². The summed E-state index contributed by atoms with van der Waals surface area (Å²) in [4.78, 5) is 4.18. The Morgan fingerprint density at radius 1 is 1.26 bits per heavy atom. The molecule has 0 heterocycles. The van der Waals surface area contributed by atoms with Crippen molar-refractivity contribution < 1.29 is 10.2 Å². The average Bonchev–Trinajstić information content (AvgIpc) is 2.57. The number of rotatable bonds is 2. The second kappa shape index (κ2) is 5.45. The van der Waals surface area contributed by atoms with Gasteiger partial charge in [-0.2, -0.15) is 0 Å². The Morgan fingerprint density at radius 2 is 2.00 bits per heavy atom. The molecular formula is C16H15NO2. The number of nitrogens with zero attached hydrogens (tertiary/aromatic N) is 1. The quantitative estimate of drug-likeness (QED) is 0.629. The molecule has 0 bridgehead atoms. The first kappa shape index (κ1) is 13.0. The molecule has 3 nitrogen and oxygen atoms in total. The van der Waals surface area contributed by atoms with Gasteiger partial charge in [0.05, 0.1) is 11.3 Å². The Labute approximate surface area is 112 Å². The molecule has 1 unspecified atom stereocenters. The number of para-hydroxylation sites is 1. The van der Waals surface area contributed by atoms with Gasteiger partial charge < -0.3 is 10.2 Å². The fourth-order valence-corrected chi connectivity index (χ4v) is 1.87. The molecule has 0 aliphatic heterocycles. The van der Waals surface area contributed by atoms with Crippen molar-refractivity contribution in [3.63, 3.8) is 0 Å². The van der Waals surface area contributed by atoms with Crippen molar-refractivity contribution in [3.05, 3.63) is 53.3 Å². The van der Waals surface area contributed by atoms with Gasteiger partial charge in [0.25, 0.3) is 0 Å². The third kappa shape index (κ3) is 2.69. The highest BCUT2D eigenvalue weighted by molar-refractivity contribution is 6.16. The molecule has 2 rings (SSSR count). The van der Waals surface area contributed by atoms with Gasteiger partial charge in [0.2, 0.25) is 0 Å². The average molecular weight is 253 g/mol. The maximum absolute atomic E-state index is 10.0. The standard InChI is InChI=1S/C16H15NO2/c1-11-7-9-13(15(19)10-8-11)16(17-2)12-5-3-4-6-14(12)18/h3-7,9,11,18-19H,1-2H3/b17-16+. The number of aliphatic hydroxyl groups excluding tert-OH is 1. The highest BCUT2D eigenvalue weighted by atomic mass is 16.3. The lowest BCUT2D eigenvalue weighted by Gasteiger charge is -2.09. The van der Waals surface area contributed by atoms with Gasteiger partial charge in [0, 0.05) is 18.5 Å². The smallest absolute Gasteiger partial charge is 0.176 e. The molecule has 0 radical (unpaired) electrons. The van der Waals surface area contributed by atoms with E-state index in [-0.39, 0.29) is 17.4 Å². The molecule has 0 aromatic heterocycles. The number of allylic oxidation sites excluding steroid dienone is 4. The van der Waals surface area contributed by atoms with Crippen LogP contribution in [0.15, 0.2) is 52.7 Å². The molecule has 96 valence electrons. The van der Waals surface area contributed by atoms with Crippen LogP contribution >= 0.6 is 0 Å². The number of phenols is 1. The largest absolute Gasteiger partial charge is 0.507 e. The number of aliphatic hydroxyl groups is 1. The Kier molecular flexibility index (Phi) is 3.72. The monoisotopic (exact) mass is 253 g/mol. The number of phenolic OH excluding ortho intramolecular Hbond substituents is 1. The fraction of sp³-hybridized carbons (Fsp3) is 0.188. The number of aliphatic imine (C=N–C) groups is 1. The summed E-state index contributed by atoms with van der Waals surface area (Å²) >= 11 is 0. The SMILES string of the molecule is C/N=C(/C1=C(O)C#CC(C)C=C1)c1ccccc1O. The molecule has 1 aromatic rings. The molecule has 2 N–H and O–H groups in total. The van der Waals surface area contributed by atoms with Gasteiger partial charge in [-0.25, -0.2) is 0 Å². The van der Waals surface area contributed by atoms with Crippen molar-refractivity contribution in [2.45, 2.75) is 6.92 Å². The van der Waals surface area contributed by atoms with Crippen LogP contribution in [0.2, 0.25) is 0 Å². The Balaban J connectivity index is 2.54. The summed E-state index contributed by atoms with van der Waals surface area (Å²) in [6.45, 7) is 1.95. The minimum atomic E-state index is -0.0237. The van der Waals surface area contributed by atoms with Crippen LogP contribution in [0, 0.1) is 17.8 Å². The van der Waals surface area contributed by atoms with Crippen LogP contribution in [0.1, 0.15) is 12.5 Å². The lowest BCUT2D eigenvalue weighted by atomic mass is 9.99. The first-order chi connectivity index (χ1) is 9.13. The van der Waals surface area contributed by atoms with Gasteiger partial charge in [-0.15, -0.1) is 0 Å². The van der Waals surface area contributed by atoms with Gasteiger partial charge in [-0.3, -0.25) is 4.99 Å². The maximum Gasteiger partial charge on any atom is 0.176 e. The molecule has 0 saturated carbocycles. The van der Waals surface area contributed by atoms with E-state index in [9.17, 15) is 10.2 Å². The van der Waals surface area contributed by atoms with Gasteiger partial charge in [0.15, 0.2) is 5.76 Å². The predicted molar refractivity (Wildman–Crippen MR) is 76.3 cm³/mol. The number of aromatic hydroxyl groups is 1. The van der Waals surface area contributed by atoms with Crippen LogP contribution in [0.25, 0.3) is 0 Å². The summed E-state index contributed by atoms with van der Waals surface area (Å²) in [6, 6.07) is 6.90. The van der Waals surface area contributed by atoms with E-state index >= 15 is 0 Å². The summed E-state index contributed by atoms with van der Waals surface area (Å²) < 4.78 is 0. The van der Waals surface area contributed by atoms with Crippen LogP contribution in [0.4, 0.5) is 0 Å². The van der Waals surface area contributed by atoms with Crippen molar-refractivity contribution >= 4 is 5.71 Å². The third-order valence-electron chi connectivity index (χ3n) is 2.86. The molecule has 3 heteroatoms. The first-order valence-corrected chi connectivity index (χ1v) is 6.02. The van der Waals surface area contributed by atoms with Crippen molar-refractivity contribution in [1.82, 2.24) is 0 Å². The predicted octanol–water partition coefficient (Wildman–Crippen LogP) is 2.83. The molecule has 0 saturated heterocycles. The summed E-state index contributed by atoms with van der Waals surface area (Å²) in [5.74, 6) is 5.79. The number of hydrogen-bond acceptors (Lipinski definition) is 3. The molecular weight excluding hydrogens is 238 g/mol. The second-order valence-electron chi connectivity index (χ2n) is 4.27. The van der Waals surface area contributed by atoms with E-state index in [4.69, 9.17) is 0 Å². The van der Waals surface area contributed by atoms with E-state index in [1.165, 1.54) is 0 Å². The number of benzene rings is 1. The van der Waals surface area contributed by atoms with E-state index in [2.05, 4.69) is 16.8 Å². The minimum absolute atomic E-state index is 0.0237. The molecule has 0 spiro atoms. The van der Waals surface area contributed by atoms with Crippen molar-refractivity contribution in [2.24, 2.45) is 10.9 Å². The summed E-state index contributed by atoms with van der Waals surface area (Å²) in [5.41, 5.74) is 1.63. The zero-order valence-corrected chi connectivity index (χ0v) is 10.9. The van der Waals surface area contributed by atoms with Crippen molar-refractivity contribution in [3.8, 4) is 17.6 Å². The van der Waals surface area contributed by atoms with Gasteiger partial charge in [0.1, 0.15) is 5.75 Å². The van der Waals surface area contributed by atoms with Crippen LogP contribution < -0.4 is 0 Å². The van der Waals surface area contributed by atoms with E-state index < -0.39 is 0 Å². The van der Waals surface area contributed by atoms with Gasteiger partial charge >= 0.3 is 0 Å². The van der Waals surface area contributed by atoms with Gasteiger partial charge in [-0.1, -0.05) is 30.2 Å². The Morgan fingerprint density at radius 3 is 2.68 bits per heavy atom. The zero-order chi connectivity index (χ0) is 13.8. The topological polar surface area (TPSA) is 52.8 Å². The van der Waals surface area contributed by atoms with Crippen molar-refractivity contribution in [1.29, 1.82) is 0 Å². The third-order valence-corrected chi connectivity index (χ3v) is 2.86. The van der Waals surface area contributed by atoms with E-state index in [0.717, 1.165) is 0 Å². The molecule has 1 aliphatic carbocycles. The summed E-state index contributed by atoms with van der Waals surface area (Å²) in [6.07, 6.45) is 3.68. The highest BCUT2D eigenvalue weighted by Gasteiger charge is 2.16. The highest BCUT2D eigenvalue weighted by Crippen LogP contribution is 2.23. The molecule has 0 fully saturated rings. The molecule has 0 amide bonds. The number of hydrogen-bond donors (Lipinski definition) is 2. The van der Waals surface area contributed by atoms with Crippen LogP contribution in [0.5, 0.6) is 5.75 Å². The fourth-order valence-electron chi connectivity index (χ4n) is 1.87. The molecule has 19 heavy (non-hydrogen) atoms. The van der Waals surface area contributed by atoms with Crippen molar-refractivity contribution in [2.75, 3.05) is 7.05 Å². The normalized spacial score (nSPS) is 18.8. The Bertz CT molecular complexity index is 642. The Hall–Kier alpha value is -2.47. The maximum atomic E-state index is 10.0. The summed E-state index contributed by atoms with van der Waals surface area (Å²) in [7, 11) is 1.62. The first-order valence-electron chi connectivity index (χ1n) is 6.02. The summed E-state index contributed by atoms with van der Waals surface area (Å²) in [5, 5.41) is 19.9. The van der Waals surface area contributed by atoms with Crippen LogP contribution in [0.3, 0.4) is 0 Å². The second-order valence-corrected chi connectivity index (χ2v) is 4.27. The van der Waals surface area contributed by atoms with Crippen LogP contribution in [-0.2, 0) is 0 Å². The lowest BCUT2D eigenvalue weighted by molar-refractivity contribution is 0.436. The zero-order valence-electron chi connectivity index (χ0n) is 10.9. The minimum Gasteiger partial charge on any atom is -0.507 e. The van der Waals surface area contributed by atoms with E-state index in [0.29, 0.717) is 16.8 Å². The lowest BCUT2D eigenvalue weighted by Crippen LogP contribution is -2.06. The van der Waals surface area contributed by atoms with E-state index in [1.807, 2.05) is 19.1 Å². The molecule has 1 atom stereocenters.